The highest BCUT2D eigenvalue weighted by Gasteiger charge is 2.42. The summed E-state index contributed by atoms with van der Waals surface area (Å²) in [6.45, 7) is 3.25. The van der Waals surface area contributed by atoms with E-state index < -0.39 is 6.04 Å². The van der Waals surface area contributed by atoms with Gasteiger partial charge in [0.05, 0.1) is 30.7 Å². The predicted octanol–water partition coefficient (Wildman–Crippen LogP) is 4.44. The van der Waals surface area contributed by atoms with E-state index in [1.807, 2.05) is 13.0 Å². The molecule has 0 aliphatic carbocycles. The SMILES string of the molecule is CCOc1ccc(C2c3c(oc4ccc(Cl)cc4c3=O)C(=O)N2CCCOC)cc1OC. The molecule has 0 fully saturated rings. The summed E-state index contributed by atoms with van der Waals surface area (Å²) in [6, 6.07) is 9.59. The minimum Gasteiger partial charge on any atom is -0.493 e. The first-order valence-electron chi connectivity index (χ1n) is 10.4. The van der Waals surface area contributed by atoms with Gasteiger partial charge >= 0.3 is 0 Å². The molecule has 1 amide bonds. The molecular weight excluding hydrogens is 434 g/mol. The van der Waals surface area contributed by atoms with Gasteiger partial charge in [-0.1, -0.05) is 17.7 Å². The van der Waals surface area contributed by atoms with E-state index in [4.69, 9.17) is 30.2 Å². The second-order valence-corrected chi connectivity index (χ2v) is 7.84. The lowest BCUT2D eigenvalue weighted by Gasteiger charge is -2.25. The number of carbonyl (C=O) groups excluding carboxylic acids is 1. The first-order valence-corrected chi connectivity index (χ1v) is 10.7. The maximum absolute atomic E-state index is 13.5. The Balaban J connectivity index is 1.90. The number of carbonyl (C=O) groups is 1. The second-order valence-electron chi connectivity index (χ2n) is 7.41. The van der Waals surface area contributed by atoms with Crippen LogP contribution in [0.5, 0.6) is 11.5 Å². The number of rotatable bonds is 8. The highest BCUT2D eigenvalue weighted by molar-refractivity contribution is 6.31. The third-order valence-corrected chi connectivity index (χ3v) is 5.71. The molecule has 2 heterocycles. The van der Waals surface area contributed by atoms with Crippen molar-refractivity contribution in [2.24, 2.45) is 0 Å². The van der Waals surface area contributed by atoms with Crippen molar-refractivity contribution >= 4 is 28.5 Å². The van der Waals surface area contributed by atoms with Crippen molar-refractivity contribution in [1.29, 1.82) is 0 Å². The zero-order chi connectivity index (χ0) is 22.8. The summed E-state index contributed by atoms with van der Waals surface area (Å²) < 4.78 is 22.2. The van der Waals surface area contributed by atoms with E-state index in [1.165, 1.54) is 0 Å². The summed E-state index contributed by atoms with van der Waals surface area (Å²) in [5.41, 5.74) is 1.08. The van der Waals surface area contributed by atoms with Gasteiger partial charge in [-0.05, 0) is 49.2 Å². The van der Waals surface area contributed by atoms with Crippen LogP contribution in [0.2, 0.25) is 5.02 Å². The third-order valence-electron chi connectivity index (χ3n) is 5.48. The Bertz CT molecular complexity index is 1220. The van der Waals surface area contributed by atoms with Gasteiger partial charge in [-0.25, -0.2) is 0 Å². The number of fused-ring (bicyclic) bond motifs is 2. The van der Waals surface area contributed by atoms with E-state index in [1.54, 1.807) is 49.5 Å². The van der Waals surface area contributed by atoms with Crippen LogP contribution in [0.3, 0.4) is 0 Å². The van der Waals surface area contributed by atoms with Crippen LogP contribution in [-0.4, -0.2) is 44.8 Å². The minimum atomic E-state index is -0.626. The average Bonchev–Trinajstić information content (AvgIpc) is 3.07. The van der Waals surface area contributed by atoms with Crippen LogP contribution in [0, 0.1) is 0 Å². The van der Waals surface area contributed by atoms with Crippen LogP contribution in [0.15, 0.2) is 45.6 Å². The van der Waals surface area contributed by atoms with Gasteiger partial charge in [-0.15, -0.1) is 0 Å². The Kier molecular flexibility index (Phi) is 6.39. The molecule has 0 bridgehead atoms. The molecule has 1 aromatic heterocycles. The van der Waals surface area contributed by atoms with Crippen molar-refractivity contribution in [2.45, 2.75) is 19.4 Å². The van der Waals surface area contributed by atoms with Gasteiger partial charge in [0, 0.05) is 25.3 Å². The number of amides is 1. The quantitative estimate of drug-likeness (QED) is 0.465. The molecule has 168 valence electrons. The molecule has 1 aliphatic heterocycles. The lowest BCUT2D eigenvalue weighted by atomic mass is 9.98. The molecule has 4 rings (SSSR count). The first kappa shape index (κ1) is 22.2. The molecule has 0 saturated carbocycles. The van der Waals surface area contributed by atoms with Gasteiger partial charge in [0.15, 0.2) is 16.9 Å². The number of nitrogens with zero attached hydrogens (tertiary/aromatic N) is 1. The molecule has 1 atom stereocenters. The van der Waals surface area contributed by atoms with Crippen LogP contribution >= 0.6 is 11.6 Å². The fourth-order valence-electron chi connectivity index (χ4n) is 4.08. The molecule has 0 N–H and O–H groups in total. The van der Waals surface area contributed by atoms with Crippen molar-refractivity contribution in [2.75, 3.05) is 34.0 Å². The predicted molar refractivity (Wildman–Crippen MR) is 121 cm³/mol. The van der Waals surface area contributed by atoms with Crippen molar-refractivity contribution in [3.05, 3.63) is 68.5 Å². The summed E-state index contributed by atoms with van der Waals surface area (Å²) in [7, 11) is 3.16. The summed E-state index contributed by atoms with van der Waals surface area (Å²) in [5, 5.41) is 0.760. The van der Waals surface area contributed by atoms with Crippen molar-refractivity contribution in [3.8, 4) is 11.5 Å². The number of benzene rings is 2. The van der Waals surface area contributed by atoms with Crippen molar-refractivity contribution in [3.63, 3.8) is 0 Å². The summed E-state index contributed by atoms with van der Waals surface area (Å²) in [6.07, 6.45) is 0.612. The molecule has 0 radical (unpaired) electrons. The lowest BCUT2D eigenvalue weighted by Crippen LogP contribution is -2.31. The molecule has 1 aliphatic rings. The lowest BCUT2D eigenvalue weighted by molar-refractivity contribution is 0.0707. The van der Waals surface area contributed by atoms with Gasteiger partial charge in [0.1, 0.15) is 5.58 Å². The maximum atomic E-state index is 13.5. The Morgan fingerprint density at radius 3 is 2.62 bits per heavy atom. The van der Waals surface area contributed by atoms with E-state index >= 15 is 0 Å². The van der Waals surface area contributed by atoms with Gasteiger partial charge < -0.3 is 23.5 Å². The Labute approximate surface area is 190 Å². The van der Waals surface area contributed by atoms with Crippen LogP contribution in [0.25, 0.3) is 11.0 Å². The molecular formula is C24H24ClNO6. The van der Waals surface area contributed by atoms with Gasteiger partial charge in [-0.2, -0.15) is 0 Å². The summed E-state index contributed by atoms with van der Waals surface area (Å²) in [4.78, 5) is 28.5. The number of methoxy groups -OCH3 is 2. The van der Waals surface area contributed by atoms with E-state index in [0.717, 1.165) is 5.56 Å². The van der Waals surface area contributed by atoms with Crippen molar-refractivity contribution in [1.82, 2.24) is 4.90 Å². The van der Waals surface area contributed by atoms with Gasteiger partial charge in [0.2, 0.25) is 5.76 Å². The van der Waals surface area contributed by atoms with E-state index in [9.17, 15) is 9.59 Å². The standard InChI is InChI=1S/C24H24ClNO6/c1-4-31-18-8-6-14(12-19(18)30-3)21-20-22(27)16-13-15(25)7-9-17(16)32-23(20)24(28)26(21)10-5-11-29-2/h6-9,12-13,21H,4-5,10-11H2,1-3H3. The second kappa shape index (κ2) is 9.22. The fraction of sp³-hybridized carbons (Fsp3) is 0.333. The van der Waals surface area contributed by atoms with Crippen LogP contribution in [0.1, 0.15) is 41.1 Å². The Hall–Kier alpha value is -3.03. The highest BCUT2D eigenvalue weighted by atomic mass is 35.5. The number of hydrogen-bond acceptors (Lipinski definition) is 6. The highest BCUT2D eigenvalue weighted by Crippen LogP contribution is 2.41. The molecule has 3 aromatic rings. The average molecular weight is 458 g/mol. The van der Waals surface area contributed by atoms with Crippen molar-refractivity contribution < 1.29 is 23.4 Å². The fourth-order valence-corrected chi connectivity index (χ4v) is 4.25. The van der Waals surface area contributed by atoms with Crippen LogP contribution in [-0.2, 0) is 4.74 Å². The Morgan fingerprint density at radius 2 is 1.91 bits per heavy atom. The zero-order valence-corrected chi connectivity index (χ0v) is 18.9. The van der Waals surface area contributed by atoms with Gasteiger partial charge in [-0.3, -0.25) is 9.59 Å². The zero-order valence-electron chi connectivity index (χ0n) is 18.1. The monoisotopic (exact) mass is 457 g/mol. The molecule has 0 spiro atoms. The topological polar surface area (TPSA) is 78.2 Å². The molecule has 8 heteroatoms. The number of halogens is 1. The Morgan fingerprint density at radius 1 is 1.09 bits per heavy atom. The molecule has 0 saturated heterocycles. The van der Waals surface area contributed by atoms with Gasteiger partial charge in [0.25, 0.3) is 5.91 Å². The van der Waals surface area contributed by atoms with Crippen LogP contribution < -0.4 is 14.9 Å². The summed E-state index contributed by atoms with van der Waals surface area (Å²) in [5.74, 6) is 0.838. The molecule has 7 nitrogen and oxygen atoms in total. The van der Waals surface area contributed by atoms with E-state index in [-0.39, 0.29) is 17.1 Å². The normalized spacial score (nSPS) is 15.3. The van der Waals surface area contributed by atoms with E-state index in [0.29, 0.717) is 59.2 Å². The molecule has 1 unspecified atom stereocenters. The molecule has 2 aromatic carbocycles. The molecule has 32 heavy (non-hydrogen) atoms. The maximum Gasteiger partial charge on any atom is 0.290 e. The minimum absolute atomic E-state index is 0.0556. The van der Waals surface area contributed by atoms with E-state index in [2.05, 4.69) is 0 Å². The smallest absolute Gasteiger partial charge is 0.290 e. The largest absolute Gasteiger partial charge is 0.493 e. The number of hydrogen-bond donors (Lipinski definition) is 0. The third kappa shape index (κ3) is 3.82. The number of ether oxygens (including phenoxy) is 3. The van der Waals surface area contributed by atoms with Crippen LogP contribution in [0.4, 0.5) is 0 Å². The summed E-state index contributed by atoms with van der Waals surface area (Å²) >= 11 is 6.12. The first-order chi connectivity index (χ1) is 15.5.